The Morgan fingerprint density at radius 2 is 1.96 bits per heavy atom. The van der Waals surface area contributed by atoms with E-state index in [1.54, 1.807) is 37.6 Å². The van der Waals surface area contributed by atoms with Crippen LogP contribution in [0.1, 0.15) is 27.8 Å². The Morgan fingerprint density at radius 1 is 1.21 bits per heavy atom. The number of carbonyl (C=O) groups excluding carboxylic acids is 2. The zero-order valence-corrected chi connectivity index (χ0v) is 15.7. The van der Waals surface area contributed by atoms with Gasteiger partial charge in [-0.2, -0.15) is 0 Å². The second-order valence-corrected chi connectivity index (χ2v) is 6.11. The van der Waals surface area contributed by atoms with Crippen molar-refractivity contribution in [1.29, 1.82) is 0 Å². The summed E-state index contributed by atoms with van der Waals surface area (Å²) in [7, 11) is 3.46. The van der Waals surface area contributed by atoms with E-state index in [1.807, 2.05) is 42.1 Å². The Hall–Kier alpha value is -3.61. The number of methoxy groups -OCH3 is 1. The first-order chi connectivity index (χ1) is 13.6. The van der Waals surface area contributed by atoms with Gasteiger partial charge in [-0.3, -0.25) is 9.59 Å². The summed E-state index contributed by atoms with van der Waals surface area (Å²) >= 11 is 0. The Kier molecular flexibility index (Phi) is 6.06. The summed E-state index contributed by atoms with van der Waals surface area (Å²) in [6, 6.07) is 13.7. The van der Waals surface area contributed by atoms with Crippen LogP contribution in [0.25, 0.3) is 0 Å². The summed E-state index contributed by atoms with van der Waals surface area (Å²) in [4.78, 5) is 28.0. The molecule has 1 amide bonds. The Balaban J connectivity index is 1.76. The van der Waals surface area contributed by atoms with E-state index in [0.29, 0.717) is 23.4 Å². The van der Waals surface area contributed by atoms with Crippen molar-refractivity contribution in [1.82, 2.24) is 14.9 Å². The molecule has 0 aliphatic heterocycles. The molecule has 1 heterocycles. The molecular weight excluding hydrogens is 358 g/mol. The van der Waals surface area contributed by atoms with E-state index in [4.69, 9.17) is 9.47 Å². The van der Waals surface area contributed by atoms with E-state index in [1.165, 1.54) is 0 Å². The lowest BCUT2D eigenvalue weighted by molar-refractivity contribution is -0.123. The largest absolute Gasteiger partial charge is 0.497 e. The minimum atomic E-state index is -0.455. The summed E-state index contributed by atoms with van der Waals surface area (Å²) in [5.41, 5.74) is 1.25. The number of hydrogen-bond donors (Lipinski definition) is 1. The molecule has 2 aromatic carbocycles. The van der Waals surface area contributed by atoms with Gasteiger partial charge >= 0.3 is 0 Å². The summed E-state index contributed by atoms with van der Waals surface area (Å²) in [5.74, 6) is 1.45. The van der Waals surface area contributed by atoms with Crippen molar-refractivity contribution < 1.29 is 19.1 Å². The molecule has 0 bridgehead atoms. The molecule has 0 spiro atoms. The smallest absolute Gasteiger partial charge is 0.258 e. The summed E-state index contributed by atoms with van der Waals surface area (Å²) in [6.07, 6.45) is 4.19. The van der Waals surface area contributed by atoms with Crippen LogP contribution < -0.4 is 14.8 Å². The van der Waals surface area contributed by atoms with Crippen molar-refractivity contribution in [2.24, 2.45) is 7.05 Å². The highest BCUT2D eigenvalue weighted by Crippen LogP contribution is 2.23. The third-order valence-corrected chi connectivity index (χ3v) is 4.28. The molecule has 3 rings (SSSR count). The van der Waals surface area contributed by atoms with Gasteiger partial charge in [0.2, 0.25) is 0 Å². The van der Waals surface area contributed by atoms with Crippen molar-refractivity contribution in [3.05, 3.63) is 77.9 Å². The molecule has 1 N–H and O–H groups in total. The van der Waals surface area contributed by atoms with Gasteiger partial charge in [0.1, 0.15) is 23.4 Å². The van der Waals surface area contributed by atoms with Crippen LogP contribution in [-0.4, -0.2) is 35.5 Å². The van der Waals surface area contributed by atoms with Crippen molar-refractivity contribution in [2.45, 2.75) is 6.04 Å². The highest BCUT2D eigenvalue weighted by molar-refractivity contribution is 5.81. The van der Waals surface area contributed by atoms with Gasteiger partial charge in [-0.1, -0.05) is 24.3 Å². The van der Waals surface area contributed by atoms with E-state index in [9.17, 15) is 9.59 Å². The van der Waals surface area contributed by atoms with Gasteiger partial charge in [-0.15, -0.1) is 0 Å². The van der Waals surface area contributed by atoms with Gasteiger partial charge in [-0.05, 0) is 29.8 Å². The van der Waals surface area contributed by atoms with Crippen LogP contribution in [0.2, 0.25) is 0 Å². The van der Waals surface area contributed by atoms with Crippen LogP contribution in [0.3, 0.4) is 0 Å². The number of hydrogen-bond acceptors (Lipinski definition) is 5. The fourth-order valence-electron chi connectivity index (χ4n) is 2.80. The number of amides is 1. The number of aromatic nitrogens is 2. The zero-order valence-electron chi connectivity index (χ0n) is 15.7. The molecule has 0 radical (unpaired) electrons. The molecule has 0 saturated carbocycles. The van der Waals surface area contributed by atoms with Crippen molar-refractivity contribution in [2.75, 3.05) is 13.7 Å². The number of para-hydroxylation sites is 1. The van der Waals surface area contributed by atoms with Crippen LogP contribution in [0, 0.1) is 0 Å². The minimum Gasteiger partial charge on any atom is -0.497 e. The van der Waals surface area contributed by atoms with Gasteiger partial charge in [0, 0.05) is 19.4 Å². The number of nitrogens with one attached hydrogen (secondary N) is 1. The second kappa shape index (κ2) is 8.85. The molecule has 0 aliphatic carbocycles. The molecule has 28 heavy (non-hydrogen) atoms. The maximum atomic E-state index is 12.5. The van der Waals surface area contributed by atoms with Gasteiger partial charge in [0.15, 0.2) is 12.9 Å². The van der Waals surface area contributed by atoms with Gasteiger partial charge in [-0.25, -0.2) is 4.98 Å². The van der Waals surface area contributed by atoms with Gasteiger partial charge in [0.05, 0.1) is 12.7 Å². The van der Waals surface area contributed by atoms with Crippen LogP contribution in [-0.2, 0) is 11.8 Å². The fraction of sp³-hybridized carbons (Fsp3) is 0.190. The standard InChI is InChI=1S/C21H21N3O4/c1-24-12-11-22-21(24)20(15-7-9-17(27-2)10-8-15)23-19(26)14-28-18-6-4-3-5-16(18)13-25/h3-13,20H,14H2,1-2H3,(H,23,26). The number of ether oxygens (including phenoxy) is 2. The van der Waals surface area contributed by atoms with E-state index < -0.39 is 6.04 Å². The first-order valence-corrected chi connectivity index (χ1v) is 8.70. The predicted octanol–water partition coefficient (Wildman–Crippen LogP) is 2.53. The molecule has 3 aromatic rings. The first-order valence-electron chi connectivity index (χ1n) is 8.70. The molecule has 7 heteroatoms. The molecule has 144 valence electrons. The molecule has 1 atom stereocenters. The molecule has 0 aliphatic rings. The van der Waals surface area contributed by atoms with E-state index in [0.717, 1.165) is 11.3 Å². The molecule has 1 aromatic heterocycles. The van der Waals surface area contributed by atoms with Crippen LogP contribution in [0.4, 0.5) is 0 Å². The van der Waals surface area contributed by atoms with Gasteiger partial charge in [0.25, 0.3) is 5.91 Å². The van der Waals surface area contributed by atoms with E-state index in [-0.39, 0.29) is 12.5 Å². The highest BCUT2D eigenvalue weighted by atomic mass is 16.5. The Morgan fingerprint density at radius 3 is 2.61 bits per heavy atom. The average Bonchev–Trinajstić information content (AvgIpc) is 3.16. The third-order valence-electron chi connectivity index (χ3n) is 4.28. The van der Waals surface area contributed by atoms with Crippen molar-refractivity contribution in [3.8, 4) is 11.5 Å². The van der Waals surface area contributed by atoms with Crippen LogP contribution in [0.15, 0.2) is 60.9 Å². The average molecular weight is 379 g/mol. The van der Waals surface area contributed by atoms with E-state index in [2.05, 4.69) is 10.3 Å². The lowest BCUT2D eigenvalue weighted by Crippen LogP contribution is -2.34. The minimum absolute atomic E-state index is 0.220. The summed E-state index contributed by atoms with van der Waals surface area (Å²) < 4.78 is 12.6. The normalized spacial score (nSPS) is 11.5. The monoisotopic (exact) mass is 379 g/mol. The van der Waals surface area contributed by atoms with Crippen molar-refractivity contribution in [3.63, 3.8) is 0 Å². The summed E-state index contributed by atoms with van der Waals surface area (Å²) in [6.45, 7) is -0.220. The zero-order chi connectivity index (χ0) is 19.9. The molecule has 0 fully saturated rings. The molecule has 1 unspecified atom stereocenters. The number of aryl methyl sites for hydroxylation is 1. The predicted molar refractivity (Wildman–Crippen MR) is 104 cm³/mol. The quantitative estimate of drug-likeness (QED) is 0.608. The highest BCUT2D eigenvalue weighted by Gasteiger charge is 2.21. The second-order valence-electron chi connectivity index (χ2n) is 6.11. The molecule has 0 saturated heterocycles. The fourth-order valence-corrected chi connectivity index (χ4v) is 2.80. The number of imidazole rings is 1. The van der Waals surface area contributed by atoms with E-state index >= 15 is 0 Å². The van der Waals surface area contributed by atoms with Crippen LogP contribution >= 0.6 is 0 Å². The number of carbonyl (C=O) groups is 2. The summed E-state index contributed by atoms with van der Waals surface area (Å²) in [5, 5.41) is 2.95. The maximum Gasteiger partial charge on any atom is 0.258 e. The number of aldehydes is 1. The third kappa shape index (κ3) is 4.37. The Bertz CT molecular complexity index is 950. The topological polar surface area (TPSA) is 82.4 Å². The maximum absolute atomic E-state index is 12.5. The SMILES string of the molecule is COc1ccc(C(NC(=O)COc2ccccc2C=O)c2nccn2C)cc1. The van der Waals surface area contributed by atoms with Gasteiger partial charge < -0.3 is 19.4 Å². The first kappa shape index (κ1) is 19.2. The lowest BCUT2D eigenvalue weighted by atomic mass is 10.1. The Labute approximate surface area is 162 Å². The molecular formula is C21H21N3O4. The number of rotatable bonds is 8. The molecule has 7 nitrogen and oxygen atoms in total. The van der Waals surface area contributed by atoms with Crippen molar-refractivity contribution >= 4 is 12.2 Å². The van der Waals surface area contributed by atoms with Crippen LogP contribution in [0.5, 0.6) is 11.5 Å². The number of benzene rings is 2. The lowest BCUT2D eigenvalue weighted by Gasteiger charge is -2.19. The number of nitrogens with zero attached hydrogens (tertiary/aromatic N) is 2.